The van der Waals surface area contributed by atoms with Gasteiger partial charge in [-0.3, -0.25) is 4.90 Å². The summed E-state index contributed by atoms with van der Waals surface area (Å²) in [5, 5.41) is 0. The maximum Gasteiger partial charge on any atom is 0.119 e. The third-order valence-corrected chi connectivity index (χ3v) is 9.15. The second-order valence-corrected chi connectivity index (χ2v) is 11.6. The highest BCUT2D eigenvalue weighted by Crippen LogP contribution is 2.52. The maximum atomic E-state index is 6.42. The van der Waals surface area contributed by atoms with Crippen molar-refractivity contribution in [3.8, 4) is 5.75 Å². The number of morpholine rings is 1. The van der Waals surface area contributed by atoms with Crippen LogP contribution in [0, 0.1) is 17.8 Å². The van der Waals surface area contributed by atoms with Crippen molar-refractivity contribution < 1.29 is 19.2 Å². The summed E-state index contributed by atoms with van der Waals surface area (Å²) in [5.74, 6) is 4.12. The number of nitrogens with zero attached hydrogens (tertiary/aromatic N) is 1. The van der Waals surface area contributed by atoms with Crippen LogP contribution in [0.2, 0.25) is 0 Å². The molecule has 1 spiro atoms. The number of benzene rings is 1. The lowest BCUT2D eigenvalue weighted by Crippen LogP contribution is -2.40. The molecular formula is C28H41NO4. The molecular weight excluding hydrogens is 414 g/mol. The summed E-state index contributed by atoms with van der Waals surface area (Å²) in [7, 11) is 0. The maximum absolute atomic E-state index is 6.42. The van der Waals surface area contributed by atoms with E-state index in [1.165, 1.54) is 56.9 Å². The van der Waals surface area contributed by atoms with E-state index in [1.54, 1.807) is 0 Å². The molecule has 4 bridgehead atoms. The average molecular weight is 456 g/mol. The highest BCUT2D eigenvalue weighted by Gasteiger charge is 2.47. The van der Waals surface area contributed by atoms with E-state index in [0.29, 0.717) is 12.0 Å². The molecule has 33 heavy (non-hydrogen) atoms. The van der Waals surface area contributed by atoms with Gasteiger partial charge in [0, 0.05) is 19.6 Å². The van der Waals surface area contributed by atoms with Gasteiger partial charge in [0.05, 0.1) is 19.3 Å². The van der Waals surface area contributed by atoms with Crippen LogP contribution in [0.4, 0.5) is 0 Å². The molecule has 0 amide bonds. The average Bonchev–Trinajstić information content (AvgIpc) is 2.91. The molecule has 6 aliphatic rings. The number of hydrogen-bond acceptors (Lipinski definition) is 5. The molecule has 5 heteroatoms. The Morgan fingerprint density at radius 2 is 1.67 bits per heavy atom. The van der Waals surface area contributed by atoms with E-state index in [1.807, 2.05) is 0 Å². The summed E-state index contributed by atoms with van der Waals surface area (Å²) in [6.45, 7) is 5.42. The fourth-order valence-electron chi connectivity index (χ4n) is 7.73. The van der Waals surface area contributed by atoms with Crippen molar-refractivity contribution in [2.45, 2.75) is 81.8 Å². The van der Waals surface area contributed by atoms with Gasteiger partial charge in [-0.2, -0.15) is 0 Å². The van der Waals surface area contributed by atoms with Gasteiger partial charge in [0.25, 0.3) is 0 Å². The number of hydrogen-bond donors (Lipinski definition) is 0. The van der Waals surface area contributed by atoms with Crippen molar-refractivity contribution in [2.24, 2.45) is 17.8 Å². The van der Waals surface area contributed by atoms with Crippen LogP contribution in [0.1, 0.15) is 75.7 Å². The van der Waals surface area contributed by atoms with E-state index in [-0.39, 0.29) is 5.60 Å². The summed E-state index contributed by atoms with van der Waals surface area (Å²) in [4.78, 5) is 15.0. The Morgan fingerprint density at radius 3 is 2.45 bits per heavy atom. The molecule has 3 aliphatic heterocycles. The second kappa shape index (κ2) is 9.85. The van der Waals surface area contributed by atoms with Crippen molar-refractivity contribution in [2.75, 3.05) is 39.5 Å². The topological polar surface area (TPSA) is 40.2 Å². The van der Waals surface area contributed by atoms with Crippen LogP contribution in [0.3, 0.4) is 0 Å². The predicted molar refractivity (Wildman–Crippen MR) is 127 cm³/mol. The molecule has 6 fully saturated rings. The Morgan fingerprint density at radius 1 is 0.909 bits per heavy atom. The van der Waals surface area contributed by atoms with Crippen LogP contribution in [0.5, 0.6) is 5.75 Å². The molecule has 3 heterocycles. The molecule has 7 rings (SSSR count). The first kappa shape index (κ1) is 22.3. The van der Waals surface area contributed by atoms with Crippen LogP contribution in [0.25, 0.3) is 0 Å². The van der Waals surface area contributed by atoms with Crippen molar-refractivity contribution in [1.29, 1.82) is 0 Å². The van der Waals surface area contributed by atoms with Crippen molar-refractivity contribution in [3.63, 3.8) is 0 Å². The summed E-state index contributed by atoms with van der Waals surface area (Å²) in [6, 6.07) is 8.91. The molecule has 4 atom stereocenters. The number of ether oxygens (including phenoxy) is 2. The fourth-order valence-corrected chi connectivity index (χ4v) is 7.73. The fraction of sp³-hybridized carbons (Fsp3) is 0.786. The van der Waals surface area contributed by atoms with Gasteiger partial charge >= 0.3 is 0 Å². The Balaban J connectivity index is 1.07. The van der Waals surface area contributed by atoms with Gasteiger partial charge in [-0.25, -0.2) is 9.78 Å². The highest BCUT2D eigenvalue weighted by atomic mass is 17.2. The molecule has 0 N–H and O–H groups in total. The smallest absolute Gasteiger partial charge is 0.119 e. The van der Waals surface area contributed by atoms with Crippen molar-refractivity contribution >= 4 is 0 Å². The van der Waals surface area contributed by atoms with E-state index in [2.05, 4.69) is 29.2 Å². The summed E-state index contributed by atoms with van der Waals surface area (Å²) < 4.78 is 11.5. The van der Waals surface area contributed by atoms with Crippen LogP contribution < -0.4 is 4.74 Å². The van der Waals surface area contributed by atoms with E-state index < -0.39 is 0 Å². The van der Waals surface area contributed by atoms with E-state index in [4.69, 9.17) is 19.2 Å². The van der Waals surface area contributed by atoms with Crippen molar-refractivity contribution in [3.05, 3.63) is 29.8 Å². The summed E-state index contributed by atoms with van der Waals surface area (Å²) >= 11 is 0. The van der Waals surface area contributed by atoms with Gasteiger partial charge in [-0.05, 0) is 106 Å². The Labute approximate surface area is 199 Å². The Hall–Kier alpha value is -1.14. The molecule has 3 saturated heterocycles. The molecule has 1 aromatic carbocycles. The highest BCUT2D eigenvalue weighted by molar-refractivity contribution is 5.30. The third-order valence-electron chi connectivity index (χ3n) is 9.15. The molecule has 3 aliphatic carbocycles. The molecule has 2 unspecified atom stereocenters. The zero-order chi connectivity index (χ0) is 22.1. The van der Waals surface area contributed by atoms with Gasteiger partial charge in [-0.1, -0.05) is 12.1 Å². The normalized spacial score (nSPS) is 39.2. The van der Waals surface area contributed by atoms with Crippen LogP contribution >= 0.6 is 0 Å². The quantitative estimate of drug-likeness (QED) is 0.561. The van der Waals surface area contributed by atoms with Crippen LogP contribution in [-0.4, -0.2) is 56.1 Å². The van der Waals surface area contributed by atoms with Gasteiger partial charge in [-0.15, -0.1) is 0 Å². The molecule has 0 aromatic heterocycles. The minimum atomic E-state index is -0.0831. The van der Waals surface area contributed by atoms with E-state index >= 15 is 0 Å². The second-order valence-electron chi connectivity index (χ2n) is 11.6. The van der Waals surface area contributed by atoms with Crippen LogP contribution in [-0.2, 0) is 14.5 Å². The molecule has 0 radical (unpaired) electrons. The lowest BCUT2D eigenvalue weighted by Gasteiger charge is -2.43. The predicted octanol–water partition coefficient (Wildman–Crippen LogP) is 5.34. The third kappa shape index (κ3) is 5.27. The minimum absolute atomic E-state index is 0.0831. The van der Waals surface area contributed by atoms with E-state index in [0.717, 1.165) is 75.8 Å². The standard InChI is InChI=1S/C28H41NO4/c1-2-25(24-3-5-26(6-4-24)31-13-10-29-8-11-30-12-9-29)20-28(7-1)19-23-15-21-14-22(16-23)18-27(17-21)32-33-28/h3-6,21-23,25,27H,1-2,7-20H2/t21?,22?,23?,25-,27?,28+/m1/s1. The minimum Gasteiger partial charge on any atom is -0.492 e. The number of fused-ring (bicyclic) bond motifs is 1. The first-order valence-electron chi connectivity index (χ1n) is 13.6. The summed E-state index contributed by atoms with van der Waals surface area (Å²) in [5.41, 5.74) is 1.35. The zero-order valence-corrected chi connectivity index (χ0v) is 20.1. The molecule has 5 nitrogen and oxygen atoms in total. The largest absolute Gasteiger partial charge is 0.492 e. The van der Waals surface area contributed by atoms with Gasteiger partial charge in [0.15, 0.2) is 0 Å². The van der Waals surface area contributed by atoms with E-state index in [9.17, 15) is 0 Å². The molecule has 3 saturated carbocycles. The van der Waals surface area contributed by atoms with Gasteiger partial charge in [0.1, 0.15) is 18.0 Å². The Bertz CT molecular complexity index is 765. The first-order chi connectivity index (χ1) is 16.2. The SMILES string of the molecule is c1cc([C@@H]2CCC[C@]3(CC4CC5CC(C4)CC(C5)OO3)C2)ccc1OCCN1CCOCC1. The van der Waals surface area contributed by atoms with Crippen molar-refractivity contribution in [1.82, 2.24) is 4.90 Å². The lowest BCUT2D eigenvalue weighted by atomic mass is 9.63. The lowest BCUT2D eigenvalue weighted by molar-refractivity contribution is -0.394. The monoisotopic (exact) mass is 455 g/mol. The van der Waals surface area contributed by atoms with Crippen LogP contribution in [0.15, 0.2) is 24.3 Å². The first-order valence-corrected chi connectivity index (χ1v) is 13.6. The summed E-state index contributed by atoms with van der Waals surface area (Å²) in [6.07, 6.45) is 13.0. The zero-order valence-electron chi connectivity index (χ0n) is 20.1. The Kier molecular flexibility index (Phi) is 6.66. The number of rotatable bonds is 5. The molecule has 1 aromatic rings. The van der Waals surface area contributed by atoms with Gasteiger partial charge in [0.2, 0.25) is 0 Å². The molecule has 182 valence electrons. The van der Waals surface area contributed by atoms with Gasteiger partial charge < -0.3 is 9.47 Å².